The third kappa shape index (κ3) is 3.60. The Morgan fingerprint density at radius 2 is 1.81 bits per heavy atom. The Morgan fingerprint density at radius 3 is 2.62 bits per heavy atom. The zero-order chi connectivity index (χ0) is 22.1. The lowest BCUT2D eigenvalue weighted by molar-refractivity contribution is 0.540. The molecule has 7 nitrogen and oxygen atoms in total. The molecule has 0 fully saturated rings. The number of aromatic nitrogens is 5. The van der Waals surface area contributed by atoms with Crippen molar-refractivity contribution in [3.05, 3.63) is 76.4 Å². The van der Waals surface area contributed by atoms with Gasteiger partial charge in [-0.15, -0.1) is 10.2 Å². The summed E-state index contributed by atoms with van der Waals surface area (Å²) in [4.78, 5) is 17.8. The minimum atomic E-state index is -0.0228. The van der Waals surface area contributed by atoms with Gasteiger partial charge in [-0.2, -0.15) is 0 Å². The van der Waals surface area contributed by atoms with Gasteiger partial charge in [0.2, 0.25) is 11.7 Å². The zero-order valence-corrected chi connectivity index (χ0v) is 18.8. The van der Waals surface area contributed by atoms with Crippen LogP contribution in [0.4, 0.5) is 0 Å². The van der Waals surface area contributed by atoms with E-state index < -0.39 is 0 Å². The van der Waals surface area contributed by atoms with Crippen molar-refractivity contribution in [1.82, 2.24) is 24.1 Å². The third-order valence-corrected chi connectivity index (χ3v) is 6.41. The second kappa shape index (κ2) is 8.63. The molecule has 0 spiro atoms. The molecule has 0 bridgehead atoms. The van der Waals surface area contributed by atoms with Gasteiger partial charge in [-0.05, 0) is 37.6 Å². The highest BCUT2D eigenvalue weighted by atomic mass is 32.2. The van der Waals surface area contributed by atoms with Crippen molar-refractivity contribution in [3.8, 4) is 11.5 Å². The van der Waals surface area contributed by atoms with Gasteiger partial charge in [-0.25, -0.2) is 4.98 Å². The van der Waals surface area contributed by atoms with E-state index in [4.69, 9.17) is 9.40 Å². The average Bonchev–Trinajstić information content (AvgIpc) is 3.42. The molecule has 5 aromatic rings. The molecule has 162 valence electrons. The van der Waals surface area contributed by atoms with E-state index >= 15 is 0 Å². The summed E-state index contributed by atoms with van der Waals surface area (Å²) in [6.07, 6.45) is 1.90. The lowest BCUT2D eigenvalue weighted by Gasteiger charge is -2.10. The molecule has 3 aromatic heterocycles. The minimum Gasteiger partial charge on any atom is -0.441 e. The Balaban J connectivity index is 1.53. The minimum absolute atomic E-state index is 0.0228. The van der Waals surface area contributed by atoms with Gasteiger partial charge in [0.25, 0.3) is 5.56 Å². The van der Waals surface area contributed by atoms with Gasteiger partial charge in [0.05, 0.1) is 16.6 Å². The van der Waals surface area contributed by atoms with Crippen LogP contribution in [0, 0.1) is 6.92 Å². The van der Waals surface area contributed by atoms with Crippen molar-refractivity contribution in [2.24, 2.45) is 0 Å². The van der Waals surface area contributed by atoms with Crippen LogP contribution in [-0.4, -0.2) is 24.1 Å². The molecule has 0 atom stereocenters. The molecule has 5 rings (SSSR count). The van der Waals surface area contributed by atoms with Crippen LogP contribution in [0.3, 0.4) is 0 Å². The van der Waals surface area contributed by atoms with Gasteiger partial charge in [0.15, 0.2) is 5.16 Å². The van der Waals surface area contributed by atoms with Gasteiger partial charge < -0.3 is 4.42 Å². The van der Waals surface area contributed by atoms with Crippen molar-refractivity contribution >= 4 is 28.4 Å². The second-order valence-corrected chi connectivity index (χ2v) is 8.56. The summed E-state index contributed by atoms with van der Waals surface area (Å²) in [5.74, 6) is 2.57. The van der Waals surface area contributed by atoms with Crippen LogP contribution in [0.5, 0.6) is 0 Å². The maximum Gasteiger partial charge on any atom is 0.262 e. The number of rotatable bonds is 7. The molecule has 0 aliphatic rings. The summed E-state index contributed by atoms with van der Waals surface area (Å²) >= 11 is 1.54. The SMILES string of the molecule is CCCCn1c(=O)c2ccccc2n2c(SCc3nc(-c4ccccc4)oc3C)nnc12. The maximum atomic E-state index is 13.1. The number of thioether (sulfide) groups is 1. The van der Waals surface area contributed by atoms with Gasteiger partial charge in [-0.3, -0.25) is 13.8 Å². The Labute approximate surface area is 189 Å². The van der Waals surface area contributed by atoms with E-state index in [-0.39, 0.29) is 5.56 Å². The molecule has 0 aliphatic carbocycles. The van der Waals surface area contributed by atoms with Crippen molar-refractivity contribution in [2.45, 2.75) is 44.1 Å². The Hall–Kier alpha value is -3.39. The first kappa shape index (κ1) is 20.5. The van der Waals surface area contributed by atoms with E-state index in [9.17, 15) is 4.79 Å². The van der Waals surface area contributed by atoms with Crippen molar-refractivity contribution in [1.29, 1.82) is 0 Å². The normalized spacial score (nSPS) is 11.6. The van der Waals surface area contributed by atoms with E-state index in [1.807, 2.05) is 65.9 Å². The Kier molecular flexibility index (Phi) is 5.53. The second-order valence-electron chi connectivity index (χ2n) is 7.62. The summed E-state index contributed by atoms with van der Waals surface area (Å²) in [7, 11) is 0. The summed E-state index contributed by atoms with van der Waals surface area (Å²) in [6, 6.07) is 17.5. The molecule has 0 N–H and O–H groups in total. The standard InChI is InChI=1S/C24H23N5O2S/c1-3-4-14-28-22(30)18-12-8-9-13-20(18)29-23(28)26-27-24(29)32-15-19-16(2)31-21(25-19)17-10-6-5-7-11-17/h5-13H,3-4,14-15H2,1-2H3. The highest BCUT2D eigenvalue weighted by Crippen LogP contribution is 2.28. The average molecular weight is 446 g/mol. The number of aryl methyl sites for hydroxylation is 2. The van der Waals surface area contributed by atoms with Crippen molar-refractivity contribution in [2.75, 3.05) is 0 Å². The van der Waals surface area contributed by atoms with Gasteiger partial charge in [0, 0.05) is 17.9 Å². The number of unbranched alkanes of at least 4 members (excludes halogenated alkanes) is 1. The Morgan fingerprint density at radius 1 is 1.03 bits per heavy atom. The van der Waals surface area contributed by atoms with Gasteiger partial charge in [0.1, 0.15) is 5.76 Å². The van der Waals surface area contributed by atoms with Crippen LogP contribution in [0.15, 0.2) is 69.0 Å². The number of nitrogens with zero attached hydrogens (tertiary/aromatic N) is 5. The predicted octanol–water partition coefficient (Wildman–Crippen LogP) is 5.10. The van der Waals surface area contributed by atoms with E-state index in [1.54, 1.807) is 4.57 Å². The number of benzene rings is 2. The molecule has 0 amide bonds. The molecule has 3 heterocycles. The first-order chi connectivity index (χ1) is 15.7. The van der Waals surface area contributed by atoms with Gasteiger partial charge >= 0.3 is 0 Å². The van der Waals surface area contributed by atoms with E-state index in [0.717, 1.165) is 40.5 Å². The number of hydrogen-bond donors (Lipinski definition) is 0. The Bertz CT molecular complexity index is 1450. The first-order valence-electron chi connectivity index (χ1n) is 10.7. The highest BCUT2D eigenvalue weighted by Gasteiger charge is 2.18. The van der Waals surface area contributed by atoms with Gasteiger partial charge in [-0.1, -0.05) is 55.4 Å². The molecule has 0 saturated heterocycles. The highest BCUT2D eigenvalue weighted by molar-refractivity contribution is 7.98. The van der Waals surface area contributed by atoms with Crippen molar-refractivity contribution in [3.63, 3.8) is 0 Å². The number of oxazole rings is 1. The third-order valence-electron chi connectivity index (χ3n) is 5.46. The molecule has 32 heavy (non-hydrogen) atoms. The quantitative estimate of drug-likeness (QED) is 0.324. The first-order valence-corrected chi connectivity index (χ1v) is 11.7. The van der Waals surface area contributed by atoms with E-state index in [2.05, 4.69) is 17.1 Å². The number of para-hydroxylation sites is 1. The molecular formula is C24H23N5O2S. The largest absolute Gasteiger partial charge is 0.441 e. The summed E-state index contributed by atoms with van der Waals surface area (Å²) in [5.41, 5.74) is 2.61. The zero-order valence-electron chi connectivity index (χ0n) is 18.0. The molecule has 0 aliphatic heterocycles. The fourth-order valence-corrected chi connectivity index (χ4v) is 4.69. The fraction of sp³-hybridized carbons (Fsp3) is 0.250. The number of fused-ring (bicyclic) bond motifs is 3. The lowest BCUT2D eigenvalue weighted by Crippen LogP contribution is -2.23. The molecule has 8 heteroatoms. The van der Waals surface area contributed by atoms with E-state index in [0.29, 0.717) is 29.4 Å². The summed E-state index contributed by atoms with van der Waals surface area (Å²) < 4.78 is 9.61. The molecular weight excluding hydrogens is 422 g/mol. The summed E-state index contributed by atoms with van der Waals surface area (Å²) in [6.45, 7) is 4.66. The van der Waals surface area contributed by atoms with Crippen LogP contribution < -0.4 is 5.56 Å². The maximum absolute atomic E-state index is 13.1. The van der Waals surface area contributed by atoms with Crippen molar-refractivity contribution < 1.29 is 4.42 Å². The van der Waals surface area contributed by atoms with Crippen LogP contribution in [0.1, 0.15) is 31.2 Å². The predicted molar refractivity (Wildman–Crippen MR) is 126 cm³/mol. The summed E-state index contributed by atoms with van der Waals surface area (Å²) in [5, 5.41) is 10.2. The van der Waals surface area contributed by atoms with E-state index in [1.165, 1.54) is 11.8 Å². The molecule has 0 saturated carbocycles. The topological polar surface area (TPSA) is 78.2 Å². The van der Waals surface area contributed by atoms with Crippen LogP contribution >= 0.6 is 11.8 Å². The lowest BCUT2D eigenvalue weighted by atomic mass is 10.2. The fourth-order valence-electron chi connectivity index (χ4n) is 3.74. The smallest absolute Gasteiger partial charge is 0.262 e. The number of hydrogen-bond acceptors (Lipinski definition) is 6. The molecule has 2 aromatic carbocycles. The molecule has 0 unspecified atom stereocenters. The molecule has 0 radical (unpaired) electrons. The van der Waals surface area contributed by atoms with Crippen LogP contribution in [0.2, 0.25) is 0 Å². The monoisotopic (exact) mass is 445 g/mol. The van der Waals surface area contributed by atoms with Crippen LogP contribution in [0.25, 0.3) is 28.1 Å². The van der Waals surface area contributed by atoms with Crippen LogP contribution in [-0.2, 0) is 12.3 Å².